The predicted molar refractivity (Wildman–Crippen MR) is 149 cm³/mol. The summed E-state index contributed by atoms with van der Waals surface area (Å²) in [4.78, 5) is 2.57. The van der Waals surface area contributed by atoms with Crippen molar-refractivity contribution in [1.82, 2.24) is 4.90 Å². The van der Waals surface area contributed by atoms with Crippen LogP contribution < -0.4 is 0 Å². The van der Waals surface area contributed by atoms with E-state index < -0.39 is 0 Å². The van der Waals surface area contributed by atoms with Gasteiger partial charge in [-0.1, -0.05) is 66.7 Å². The van der Waals surface area contributed by atoms with Crippen molar-refractivity contribution in [3.8, 4) is 5.75 Å². The van der Waals surface area contributed by atoms with Gasteiger partial charge in [0.2, 0.25) is 0 Å². The monoisotopic (exact) mass is 491 g/mol. The molecular weight excluding hydrogens is 454 g/mol. The Kier molecular flexibility index (Phi) is 9.97. The summed E-state index contributed by atoms with van der Waals surface area (Å²) < 4.78 is 0. The summed E-state index contributed by atoms with van der Waals surface area (Å²) in [6, 6.07) is 27.7. The van der Waals surface area contributed by atoms with E-state index in [1.807, 2.05) is 18.2 Å². The zero-order valence-corrected chi connectivity index (χ0v) is 21.7. The van der Waals surface area contributed by atoms with Crippen molar-refractivity contribution >= 4 is 23.6 Å². The minimum atomic E-state index is 0. The Bertz CT molecular complexity index is 1070. The number of phenolic OH excluding ortho intramolecular Hbond substituents is 1. The number of aliphatic hydroxyl groups excluding tert-OH is 1. The number of hydrogen-bond acceptors (Lipinski definition) is 3. The van der Waals surface area contributed by atoms with Crippen molar-refractivity contribution in [1.29, 1.82) is 0 Å². The number of likely N-dealkylation sites (tertiary alicyclic amines) is 1. The Morgan fingerprint density at radius 3 is 1.94 bits per heavy atom. The average Bonchev–Trinajstić information content (AvgIpc) is 2.88. The Morgan fingerprint density at radius 1 is 0.829 bits per heavy atom. The van der Waals surface area contributed by atoms with Crippen molar-refractivity contribution in [3.05, 3.63) is 101 Å². The summed E-state index contributed by atoms with van der Waals surface area (Å²) in [5.74, 6) is 0.885. The lowest BCUT2D eigenvalue weighted by Crippen LogP contribution is -2.37. The zero-order chi connectivity index (χ0) is 23.9. The maximum atomic E-state index is 9.89. The molecule has 2 N–H and O–H groups in total. The molecule has 1 aliphatic heterocycles. The van der Waals surface area contributed by atoms with Gasteiger partial charge in [-0.3, -0.25) is 0 Å². The third kappa shape index (κ3) is 6.76. The summed E-state index contributed by atoms with van der Waals surface area (Å²) in [7, 11) is 0. The maximum absolute atomic E-state index is 9.89. The molecule has 0 aliphatic carbocycles. The molecule has 0 amide bonds. The van der Waals surface area contributed by atoms with Gasteiger partial charge < -0.3 is 15.1 Å². The SMILES string of the molecule is CC(C)N1CCC(c2ccc(/C(=C(/CCCO)c3ccccc3)c3ccc(O)cc3)cc2)CC1.Cl. The van der Waals surface area contributed by atoms with Gasteiger partial charge in [-0.15, -0.1) is 12.4 Å². The van der Waals surface area contributed by atoms with Crippen LogP contribution >= 0.6 is 12.4 Å². The Labute approximate surface area is 216 Å². The van der Waals surface area contributed by atoms with E-state index in [-0.39, 0.29) is 24.8 Å². The van der Waals surface area contributed by atoms with Crippen LogP contribution in [0.4, 0.5) is 0 Å². The average molecular weight is 492 g/mol. The van der Waals surface area contributed by atoms with Gasteiger partial charge in [-0.2, -0.15) is 0 Å². The summed E-state index contributed by atoms with van der Waals surface area (Å²) >= 11 is 0. The second-order valence-electron chi connectivity index (χ2n) is 9.62. The quantitative estimate of drug-likeness (QED) is 0.329. The highest BCUT2D eigenvalue weighted by Crippen LogP contribution is 2.37. The molecule has 3 nitrogen and oxygen atoms in total. The fourth-order valence-electron chi connectivity index (χ4n) is 5.12. The van der Waals surface area contributed by atoms with Crippen LogP contribution in [0.1, 0.15) is 67.7 Å². The van der Waals surface area contributed by atoms with Gasteiger partial charge in [0.15, 0.2) is 0 Å². The molecule has 186 valence electrons. The lowest BCUT2D eigenvalue weighted by molar-refractivity contribution is 0.172. The van der Waals surface area contributed by atoms with Gasteiger partial charge in [-0.25, -0.2) is 0 Å². The van der Waals surface area contributed by atoms with Gasteiger partial charge >= 0.3 is 0 Å². The molecule has 0 bridgehead atoms. The van der Waals surface area contributed by atoms with E-state index >= 15 is 0 Å². The molecule has 35 heavy (non-hydrogen) atoms. The fourth-order valence-corrected chi connectivity index (χ4v) is 5.12. The molecule has 0 aromatic heterocycles. The molecule has 1 saturated heterocycles. The van der Waals surface area contributed by atoms with Crippen LogP contribution in [0, 0.1) is 0 Å². The highest BCUT2D eigenvalue weighted by atomic mass is 35.5. The molecule has 4 rings (SSSR count). The van der Waals surface area contributed by atoms with Crippen LogP contribution in [0.3, 0.4) is 0 Å². The van der Waals surface area contributed by atoms with Crippen LogP contribution in [0.25, 0.3) is 11.1 Å². The van der Waals surface area contributed by atoms with E-state index in [1.165, 1.54) is 53.8 Å². The summed E-state index contributed by atoms with van der Waals surface area (Å²) in [5, 5.41) is 19.5. The molecule has 0 saturated carbocycles. The molecule has 3 aromatic carbocycles. The number of halogens is 1. The number of rotatable bonds is 8. The van der Waals surface area contributed by atoms with Crippen LogP contribution in [0.15, 0.2) is 78.9 Å². The van der Waals surface area contributed by atoms with Crippen LogP contribution in [-0.2, 0) is 0 Å². The lowest BCUT2D eigenvalue weighted by atomic mass is 9.85. The van der Waals surface area contributed by atoms with Crippen LogP contribution in [0.5, 0.6) is 5.75 Å². The van der Waals surface area contributed by atoms with Gasteiger partial charge in [0.1, 0.15) is 5.75 Å². The third-order valence-electron chi connectivity index (χ3n) is 7.10. The Morgan fingerprint density at radius 2 is 1.40 bits per heavy atom. The summed E-state index contributed by atoms with van der Waals surface area (Å²) in [5.41, 5.74) is 7.23. The van der Waals surface area contributed by atoms with Gasteiger partial charge in [-0.05, 0) is 104 Å². The van der Waals surface area contributed by atoms with Gasteiger partial charge in [0, 0.05) is 12.6 Å². The number of allylic oxidation sites excluding steroid dienone is 1. The third-order valence-corrected chi connectivity index (χ3v) is 7.10. The van der Waals surface area contributed by atoms with Crippen molar-refractivity contribution in [3.63, 3.8) is 0 Å². The van der Waals surface area contributed by atoms with Crippen LogP contribution in [-0.4, -0.2) is 40.9 Å². The maximum Gasteiger partial charge on any atom is 0.115 e. The Balaban J connectivity index is 0.00000342. The second kappa shape index (κ2) is 12.9. The van der Waals surface area contributed by atoms with Crippen molar-refractivity contribution in [2.45, 2.75) is 51.5 Å². The van der Waals surface area contributed by atoms with E-state index in [4.69, 9.17) is 0 Å². The van der Waals surface area contributed by atoms with Gasteiger partial charge in [0.05, 0.1) is 0 Å². The van der Waals surface area contributed by atoms with Crippen LogP contribution in [0.2, 0.25) is 0 Å². The smallest absolute Gasteiger partial charge is 0.115 e. The zero-order valence-electron chi connectivity index (χ0n) is 20.9. The number of phenols is 1. The fraction of sp³-hybridized carbons (Fsp3) is 0.355. The molecular formula is C31H38ClNO2. The first-order valence-electron chi connectivity index (χ1n) is 12.6. The molecule has 4 heteroatoms. The number of benzene rings is 3. The number of piperidine rings is 1. The first-order chi connectivity index (χ1) is 16.6. The van der Waals surface area contributed by atoms with Crippen molar-refractivity contribution < 1.29 is 10.2 Å². The minimum Gasteiger partial charge on any atom is -0.508 e. The largest absolute Gasteiger partial charge is 0.508 e. The van der Waals surface area contributed by atoms with Gasteiger partial charge in [0.25, 0.3) is 0 Å². The summed E-state index contributed by atoms with van der Waals surface area (Å²) in [6.07, 6.45) is 3.92. The first-order valence-corrected chi connectivity index (χ1v) is 12.6. The summed E-state index contributed by atoms with van der Waals surface area (Å²) in [6.45, 7) is 7.07. The van der Waals surface area contributed by atoms with Crippen molar-refractivity contribution in [2.24, 2.45) is 0 Å². The van der Waals surface area contributed by atoms with E-state index in [9.17, 15) is 10.2 Å². The normalized spacial score (nSPS) is 15.5. The lowest BCUT2D eigenvalue weighted by Gasteiger charge is -2.34. The molecule has 3 aromatic rings. The topological polar surface area (TPSA) is 43.7 Å². The standard InChI is InChI=1S/C31H37NO2.ClH/c1-23(2)32-20-18-25(19-21-32)24-10-12-27(13-11-24)31(28-14-16-29(34)17-15-28)30(9-6-22-33)26-7-4-3-5-8-26;/h3-5,7-8,10-17,23,25,33-34H,6,9,18-22H2,1-2H3;1H/b31-30+;. The highest BCUT2D eigenvalue weighted by Gasteiger charge is 2.22. The second-order valence-corrected chi connectivity index (χ2v) is 9.62. The highest BCUT2D eigenvalue weighted by molar-refractivity contribution is 5.98. The number of aromatic hydroxyl groups is 1. The molecule has 0 radical (unpaired) electrons. The van der Waals surface area contributed by atoms with E-state index in [0.717, 1.165) is 12.0 Å². The molecule has 0 unspecified atom stereocenters. The van der Waals surface area contributed by atoms with Crippen molar-refractivity contribution in [2.75, 3.05) is 19.7 Å². The Hall–Kier alpha value is -2.59. The number of aliphatic hydroxyl groups is 1. The molecule has 1 fully saturated rings. The van der Waals surface area contributed by atoms with E-state index in [2.05, 4.69) is 67.3 Å². The molecule has 1 heterocycles. The molecule has 1 aliphatic rings. The number of hydrogen-bond donors (Lipinski definition) is 2. The van der Waals surface area contributed by atoms with E-state index in [0.29, 0.717) is 18.4 Å². The predicted octanol–water partition coefficient (Wildman–Crippen LogP) is 7.13. The van der Waals surface area contributed by atoms with E-state index in [1.54, 1.807) is 12.1 Å². The molecule has 0 spiro atoms. The first kappa shape index (κ1) is 27.0. The minimum absolute atomic E-state index is 0. The number of nitrogens with zero attached hydrogens (tertiary/aromatic N) is 1. The molecule has 0 atom stereocenters.